The Morgan fingerprint density at radius 1 is 1.50 bits per heavy atom. The van der Waals surface area contributed by atoms with Crippen molar-refractivity contribution in [2.24, 2.45) is 0 Å². The molecular formula is C12H16ClNO2. The van der Waals surface area contributed by atoms with Crippen LogP contribution in [0.2, 0.25) is 5.02 Å². The molecule has 1 aromatic rings. The van der Waals surface area contributed by atoms with Crippen molar-refractivity contribution in [1.82, 2.24) is 5.32 Å². The molecule has 2 atom stereocenters. The minimum absolute atomic E-state index is 0.0743. The van der Waals surface area contributed by atoms with Gasteiger partial charge in [0.15, 0.2) is 0 Å². The SMILES string of the molecule is CCC(NC(C)c1ccccc1Cl)C(=O)O. The van der Waals surface area contributed by atoms with Crippen LogP contribution in [0.5, 0.6) is 0 Å². The van der Waals surface area contributed by atoms with Crippen LogP contribution in [0.25, 0.3) is 0 Å². The maximum atomic E-state index is 10.9. The largest absolute Gasteiger partial charge is 0.480 e. The van der Waals surface area contributed by atoms with E-state index in [2.05, 4.69) is 5.32 Å². The number of carbonyl (C=O) groups is 1. The molecule has 0 saturated carbocycles. The molecule has 0 aliphatic rings. The standard InChI is InChI=1S/C12H16ClNO2/c1-3-11(12(15)16)14-8(2)9-6-4-5-7-10(9)13/h4-8,11,14H,3H2,1-2H3,(H,15,16). The van der Waals surface area contributed by atoms with Crippen LogP contribution in [0.4, 0.5) is 0 Å². The third-order valence-corrected chi connectivity index (χ3v) is 2.87. The Balaban J connectivity index is 2.75. The van der Waals surface area contributed by atoms with E-state index < -0.39 is 12.0 Å². The first-order valence-electron chi connectivity index (χ1n) is 5.29. The Kier molecular flexibility index (Phi) is 4.77. The fourth-order valence-corrected chi connectivity index (χ4v) is 1.88. The second-order valence-electron chi connectivity index (χ2n) is 3.71. The monoisotopic (exact) mass is 241 g/mol. The average molecular weight is 242 g/mol. The van der Waals surface area contributed by atoms with Gasteiger partial charge in [0.25, 0.3) is 0 Å². The average Bonchev–Trinajstić information content (AvgIpc) is 2.25. The number of carboxylic acid groups (broad SMARTS) is 1. The van der Waals surface area contributed by atoms with Crippen LogP contribution in [-0.2, 0) is 4.79 Å². The van der Waals surface area contributed by atoms with Crippen molar-refractivity contribution in [1.29, 1.82) is 0 Å². The van der Waals surface area contributed by atoms with Gasteiger partial charge in [-0.15, -0.1) is 0 Å². The lowest BCUT2D eigenvalue weighted by Gasteiger charge is -2.20. The highest BCUT2D eigenvalue weighted by atomic mass is 35.5. The number of carboxylic acids is 1. The summed E-state index contributed by atoms with van der Waals surface area (Å²) in [6, 6.07) is 6.83. The minimum atomic E-state index is -0.832. The van der Waals surface area contributed by atoms with E-state index in [4.69, 9.17) is 16.7 Å². The van der Waals surface area contributed by atoms with Crippen LogP contribution in [-0.4, -0.2) is 17.1 Å². The fraction of sp³-hybridized carbons (Fsp3) is 0.417. The molecule has 2 unspecified atom stereocenters. The van der Waals surface area contributed by atoms with Gasteiger partial charge in [0, 0.05) is 11.1 Å². The predicted octanol–water partition coefficient (Wildman–Crippen LogP) is 2.85. The predicted molar refractivity (Wildman–Crippen MR) is 64.7 cm³/mol. The second-order valence-corrected chi connectivity index (χ2v) is 4.12. The van der Waals surface area contributed by atoms with Crippen molar-refractivity contribution in [3.05, 3.63) is 34.9 Å². The van der Waals surface area contributed by atoms with Gasteiger partial charge in [0.2, 0.25) is 0 Å². The number of benzene rings is 1. The van der Waals surface area contributed by atoms with Crippen LogP contribution >= 0.6 is 11.6 Å². The van der Waals surface area contributed by atoms with Crippen molar-refractivity contribution < 1.29 is 9.90 Å². The van der Waals surface area contributed by atoms with Gasteiger partial charge in [-0.2, -0.15) is 0 Å². The lowest BCUT2D eigenvalue weighted by Crippen LogP contribution is -2.37. The highest BCUT2D eigenvalue weighted by Crippen LogP contribution is 2.22. The Morgan fingerprint density at radius 3 is 2.62 bits per heavy atom. The van der Waals surface area contributed by atoms with E-state index in [0.29, 0.717) is 11.4 Å². The summed E-state index contributed by atoms with van der Waals surface area (Å²) in [5.41, 5.74) is 0.920. The van der Waals surface area contributed by atoms with Crippen molar-refractivity contribution >= 4 is 17.6 Å². The number of nitrogens with one attached hydrogen (secondary N) is 1. The molecule has 0 spiro atoms. The van der Waals surface area contributed by atoms with Gasteiger partial charge >= 0.3 is 5.97 Å². The molecule has 3 nitrogen and oxygen atoms in total. The molecule has 1 rings (SSSR count). The first-order valence-corrected chi connectivity index (χ1v) is 5.67. The van der Waals surface area contributed by atoms with E-state index in [1.54, 1.807) is 6.07 Å². The zero-order valence-electron chi connectivity index (χ0n) is 9.40. The minimum Gasteiger partial charge on any atom is -0.480 e. The molecule has 2 N–H and O–H groups in total. The van der Waals surface area contributed by atoms with Crippen molar-refractivity contribution in [2.75, 3.05) is 0 Å². The summed E-state index contributed by atoms with van der Waals surface area (Å²) in [5.74, 6) is -0.832. The summed E-state index contributed by atoms with van der Waals surface area (Å²) in [6.07, 6.45) is 0.546. The molecule has 0 aromatic heterocycles. The number of rotatable bonds is 5. The lowest BCUT2D eigenvalue weighted by atomic mass is 10.1. The van der Waals surface area contributed by atoms with Crippen molar-refractivity contribution in [2.45, 2.75) is 32.4 Å². The van der Waals surface area contributed by atoms with E-state index in [-0.39, 0.29) is 6.04 Å². The third kappa shape index (κ3) is 3.22. The number of halogens is 1. The van der Waals surface area contributed by atoms with Gasteiger partial charge in [0.1, 0.15) is 6.04 Å². The normalized spacial score (nSPS) is 14.4. The van der Waals surface area contributed by atoms with Crippen LogP contribution in [0.1, 0.15) is 31.9 Å². The molecule has 0 radical (unpaired) electrons. The smallest absolute Gasteiger partial charge is 0.320 e. The maximum absolute atomic E-state index is 10.9. The van der Waals surface area contributed by atoms with E-state index in [1.165, 1.54) is 0 Å². The Bertz CT molecular complexity index is 368. The summed E-state index contributed by atoms with van der Waals surface area (Å²) in [6.45, 7) is 3.75. The molecule has 1 aromatic carbocycles. The summed E-state index contributed by atoms with van der Waals surface area (Å²) in [7, 11) is 0. The molecule has 0 fully saturated rings. The molecule has 16 heavy (non-hydrogen) atoms. The summed E-state index contributed by atoms with van der Waals surface area (Å²) in [4.78, 5) is 10.9. The third-order valence-electron chi connectivity index (χ3n) is 2.53. The molecule has 0 aliphatic carbocycles. The van der Waals surface area contributed by atoms with Gasteiger partial charge < -0.3 is 5.11 Å². The number of hydrogen-bond donors (Lipinski definition) is 2. The maximum Gasteiger partial charge on any atom is 0.320 e. The summed E-state index contributed by atoms with van der Waals surface area (Å²) in [5, 5.41) is 12.6. The van der Waals surface area contributed by atoms with Gasteiger partial charge in [-0.1, -0.05) is 36.7 Å². The zero-order chi connectivity index (χ0) is 12.1. The van der Waals surface area contributed by atoms with E-state index in [0.717, 1.165) is 5.56 Å². The van der Waals surface area contributed by atoms with E-state index in [9.17, 15) is 4.79 Å². The fourth-order valence-electron chi connectivity index (χ4n) is 1.58. The molecule has 88 valence electrons. The molecule has 4 heteroatoms. The highest BCUT2D eigenvalue weighted by molar-refractivity contribution is 6.31. The number of hydrogen-bond acceptors (Lipinski definition) is 2. The Morgan fingerprint density at radius 2 is 2.12 bits per heavy atom. The quantitative estimate of drug-likeness (QED) is 0.834. The Hall–Kier alpha value is -1.06. The van der Waals surface area contributed by atoms with Gasteiger partial charge in [0.05, 0.1) is 0 Å². The van der Waals surface area contributed by atoms with Gasteiger partial charge in [-0.25, -0.2) is 0 Å². The van der Waals surface area contributed by atoms with Crippen LogP contribution in [0, 0.1) is 0 Å². The summed E-state index contributed by atoms with van der Waals surface area (Å²) < 4.78 is 0. The molecular weight excluding hydrogens is 226 g/mol. The van der Waals surface area contributed by atoms with E-state index in [1.807, 2.05) is 32.0 Å². The van der Waals surface area contributed by atoms with Crippen molar-refractivity contribution in [3.63, 3.8) is 0 Å². The molecule has 0 saturated heterocycles. The molecule has 0 aliphatic heterocycles. The first-order chi connectivity index (χ1) is 7.56. The van der Waals surface area contributed by atoms with E-state index >= 15 is 0 Å². The van der Waals surface area contributed by atoms with Crippen LogP contribution in [0.3, 0.4) is 0 Å². The van der Waals surface area contributed by atoms with Gasteiger partial charge in [-0.3, -0.25) is 10.1 Å². The summed E-state index contributed by atoms with van der Waals surface area (Å²) >= 11 is 6.04. The van der Waals surface area contributed by atoms with Crippen LogP contribution < -0.4 is 5.32 Å². The van der Waals surface area contributed by atoms with Gasteiger partial charge in [-0.05, 0) is 25.0 Å². The topological polar surface area (TPSA) is 49.3 Å². The lowest BCUT2D eigenvalue weighted by molar-refractivity contribution is -0.139. The highest BCUT2D eigenvalue weighted by Gasteiger charge is 2.18. The number of aliphatic carboxylic acids is 1. The zero-order valence-corrected chi connectivity index (χ0v) is 10.2. The molecule has 0 heterocycles. The molecule has 0 bridgehead atoms. The molecule has 0 amide bonds. The first kappa shape index (κ1) is 13.0. The van der Waals surface area contributed by atoms with Crippen molar-refractivity contribution in [3.8, 4) is 0 Å². The second kappa shape index (κ2) is 5.87. The van der Waals surface area contributed by atoms with Crippen LogP contribution in [0.15, 0.2) is 24.3 Å². The Labute approximate surface area is 100 Å².